The number of halogens is 2. The van der Waals surface area contributed by atoms with Crippen molar-refractivity contribution in [3.05, 3.63) is 29.8 Å². The smallest absolute Gasteiger partial charge is 0.219 e. The van der Waals surface area contributed by atoms with Crippen LogP contribution >= 0.6 is 0 Å². The maximum absolute atomic E-state index is 13.0. The third-order valence-corrected chi connectivity index (χ3v) is 3.08. The lowest BCUT2D eigenvalue weighted by Gasteiger charge is -2.31. The van der Waals surface area contributed by atoms with Crippen molar-refractivity contribution in [1.82, 2.24) is 4.90 Å². The van der Waals surface area contributed by atoms with Crippen molar-refractivity contribution in [1.29, 1.82) is 0 Å². The van der Waals surface area contributed by atoms with Crippen molar-refractivity contribution in [3.63, 3.8) is 0 Å². The molecular formula is C13H15F2NO2. The Balaban J connectivity index is 1.91. The second kappa shape index (κ2) is 5.33. The summed E-state index contributed by atoms with van der Waals surface area (Å²) in [6.45, 7) is 2.82. The summed E-state index contributed by atoms with van der Waals surface area (Å²) in [6, 6.07) is 3.51. The van der Waals surface area contributed by atoms with Gasteiger partial charge in [0.2, 0.25) is 5.91 Å². The monoisotopic (exact) mass is 255 g/mol. The van der Waals surface area contributed by atoms with Gasteiger partial charge in [-0.1, -0.05) is 0 Å². The van der Waals surface area contributed by atoms with Crippen LogP contribution in [0.4, 0.5) is 8.78 Å². The minimum atomic E-state index is -0.909. The molecule has 1 aromatic carbocycles. The van der Waals surface area contributed by atoms with Crippen LogP contribution in [0.25, 0.3) is 0 Å². The molecule has 0 unspecified atom stereocenters. The Hall–Kier alpha value is -1.65. The molecule has 1 heterocycles. The summed E-state index contributed by atoms with van der Waals surface area (Å²) in [5.41, 5.74) is 0. The summed E-state index contributed by atoms with van der Waals surface area (Å²) in [5, 5.41) is 0. The molecule has 0 bridgehead atoms. The summed E-state index contributed by atoms with van der Waals surface area (Å²) in [4.78, 5) is 12.9. The van der Waals surface area contributed by atoms with Gasteiger partial charge in [0.1, 0.15) is 11.9 Å². The molecule has 1 amide bonds. The molecular weight excluding hydrogens is 240 g/mol. The van der Waals surface area contributed by atoms with Crippen LogP contribution < -0.4 is 4.74 Å². The van der Waals surface area contributed by atoms with Crippen LogP contribution in [-0.4, -0.2) is 30.0 Å². The number of rotatable bonds is 2. The van der Waals surface area contributed by atoms with E-state index in [-0.39, 0.29) is 12.0 Å². The first-order valence-electron chi connectivity index (χ1n) is 5.93. The summed E-state index contributed by atoms with van der Waals surface area (Å²) in [7, 11) is 0. The Morgan fingerprint density at radius 1 is 1.28 bits per heavy atom. The van der Waals surface area contributed by atoms with Crippen LogP contribution in [0.2, 0.25) is 0 Å². The van der Waals surface area contributed by atoms with E-state index in [2.05, 4.69) is 0 Å². The van der Waals surface area contributed by atoms with Crippen molar-refractivity contribution < 1.29 is 18.3 Å². The first-order chi connectivity index (χ1) is 8.56. The zero-order chi connectivity index (χ0) is 13.1. The quantitative estimate of drug-likeness (QED) is 0.812. The number of benzene rings is 1. The highest BCUT2D eigenvalue weighted by molar-refractivity contribution is 5.73. The van der Waals surface area contributed by atoms with E-state index >= 15 is 0 Å². The van der Waals surface area contributed by atoms with Gasteiger partial charge < -0.3 is 9.64 Å². The number of carbonyl (C=O) groups is 1. The molecule has 98 valence electrons. The Labute approximate surface area is 104 Å². The van der Waals surface area contributed by atoms with Crippen molar-refractivity contribution in [2.45, 2.75) is 25.9 Å². The van der Waals surface area contributed by atoms with Crippen molar-refractivity contribution in [2.75, 3.05) is 13.1 Å². The minimum absolute atomic E-state index is 0.0505. The average molecular weight is 255 g/mol. The molecule has 1 fully saturated rings. The summed E-state index contributed by atoms with van der Waals surface area (Å²) in [5.74, 6) is -1.40. The third-order valence-electron chi connectivity index (χ3n) is 3.08. The number of likely N-dealkylation sites (tertiary alicyclic amines) is 1. The molecule has 0 aliphatic carbocycles. The van der Waals surface area contributed by atoms with E-state index in [0.29, 0.717) is 31.7 Å². The molecule has 0 spiro atoms. The molecule has 1 saturated heterocycles. The summed E-state index contributed by atoms with van der Waals surface area (Å²) >= 11 is 0. The predicted octanol–water partition coefficient (Wildman–Crippen LogP) is 2.35. The fourth-order valence-electron chi connectivity index (χ4n) is 2.03. The predicted molar refractivity (Wildman–Crippen MR) is 62.3 cm³/mol. The number of piperidine rings is 1. The SMILES string of the molecule is CC(=O)N1CCC(Oc2ccc(F)c(F)c2)CC1. The van der Waals surface area contributed by atoms with Crippen LogP contribution in [0.15, 0.2) is 18.2 Å². The Bertz CT molecular complexity index is 443. The first-order valence-corrected chi connectivity index (χ1v) is 5.93. The van der Waals surface area contributed by atoms with Gasteiger partial charge in [0.15, 0.2) is 11.6 Å². The van der Waals surface area contributed by atoms with Gasteiger partial charge in [-0.3, -0.25) is 4.79 Å². The number of nitrogens with zero attached hydrogens (tertiary/aromatic N) is 1. The van der Waals surface area contributed by atoms with Crippen molar-refractivity contribution in [3.8, 4) is 5.75 Å². The average Bonchev–Trinajstić information content (AvgIpc) is 2.34. The highest BCUT2D eigenvalue weighted by Gasteiger charge is 2.22. The van der Waals surface area contributed by atoms with Gasteiger partial charge in [0.25, 0.3) is 0 Å². The van der Waals surface area contributed by atoms with Crippen LogP contribution in [0, 0.1) is 11.6 Å². The fourth-order valence-corrected chi connectivity index (χ4v) is 2.03. The molecule has 0 saturated carbocycles. The van der Waals surface area contributed by atoms with Gasteiger partial charge in [-0.2, -0.15) is 0 Å². The molecule has 2 rings (SSSR count). The van der Waals surface area contributed by atoms with Gasteiger partial charge in [-0.05, 0) is 12.1 Å². The van der Waals surface area contributed by atoms with Crippen LogP contribution in [-0.2, 0) is 4.79 Å². The zero-order valence-corrected chi connectivity index (χ0v) is 10.2. The highest BCUT2D eigenvalue weighted by atomic mass is 19.2. The largest absolute Gasteiger partial charge is 0.490 e. The second-order valence-electron chi connectivity index (χ2n) is 4.40. The lowest BCUT2D eigenvalue weighted by Crippen LogP contribution is -2.40. The van der Waals surface area contributed by atoms with Gasteiger partial charge in [0, 0.05) is 38.9 Å². The molecule has 18 heavy (non-hydrogen) atoms. The highest BCUT2D eigenvalue weighted by Crippen LogP contribution is 2.21. The van der Waals surface area contributed by atoms with Gasteiger partial charge in [0.05, 0.1) is 0 Å². The Kier molecular flexibility index (Phi) is 3.79. The van der Waals surface area contributed by atoms with Crippen molar-refractivity contribution >= 4 is 5.91 Å². The zero-order valence-electron chi connectivity index (χ0n) is 10.2. The number of amides is 1. The molecule has 0 atom stereocenters. The van der Waals surface area contributed by atoms with Gasteiger partial charge in [-0.15, -0.1) is 0 Å². The standard InChI is InChI=1S/C13H15F2NO2/c1-9(17)16-6-4-10(5-7-16)18-11-2-3-12(14)13(15)8-11/h2-3,8,10H,4-7H2,1H3. The van der Waals surface area contributed by atoms with E-state index < -0.39 is 11.6 Å². The lowest BCUT2D eigenvalue weighted by atomic mass is 10.1. The third kappa shape index (κ3) is 2.97. The molecule has 1 aliphatic rings. The number of carbonyl (C=O) groups excluding carboxylic acids is 1. The van der Waals surface area contributed by atoms with E-state index in [1.165, 1.54) is 13.0 Å². The van der Waals surface area contributed by atoms with Crippen molar-refractivity contribution in [2.24, 2.45) is 0 Å². The fraction of sp³-hybridized carbons (Fsp3) is 0.462. The normalized spacial score (nSPS) is 16.7. The van der Waals surface area contributed by atoms with Crippen LogP contribution in [0.5, 0.6) is 5.75 Å². The number of hydrogen-bond donors (Lipinski definition) is 0. The summed E-state index contributed by atoms with van der Waals surface area (Å²) in [6.07, 6.45) is 1.36. The van der Waals surface area contributed by atoms with Gasteiger partial charge >= 0.3 is 0 Å². The van der Waals surface area contributed by atoms with Crippen LogP contribution in [0.1, 0.15) is 19.8 Å². The molecule has 0 radical (unpaired) electrons. The van der Waals surface area contributed by atoms with E-state index in [9.17, 15) is 13.6 Å². The van der Waals surface area contributed by atoms with E-state index in [4.69, 9.17) is 4.74 Å². The maximum Gasteiger partial charge on any atom is 0.219 e. The number of ether oxygens (including phenoxy) is 1. The minimum Gasteiger partial charge on any atom is -0.490 e. The van der Waals surface area contributed by atoms with E-state index in [1.54, 1.807) is 4.90 Å². The Morgan fingerprint density at radius 2 is 1.94 bits per heavy atom. The molecule has 1 aliphatic heterocycles. The van der Waals surface area contributed by atoms with Crippen LogP contribution in [0.3, 0.4) is 0 Å². The summed E-state index contributed by atoms with van der Waals surface area (Å²) < 4.78 is 31.3. The molecule has 0 aromatic heterocycles. The van der Waals surface area contributed by atoms with Gasteiger partial charge in [-0.25, -0.2) is 8.78 Å². The second-order valence-corrected chi connectivity index (χ2v) is 4.40. The first kappa shape index (κ1) is 12.8. The number of hydrogen-bond acceptors (Lipinski definition) is 2. The molecule has 5 heteroatoms. The maximum atomic E-state index is 13.0. The Morgan fingerprint density at radius 3 is 2.50 bits per heavy atom. The molecule has 3 nitrogen and oxygen atoms in total. The molecule has 0 N–H and O–H groups in total. The molecule has 1 aromatic rings. The van der Waals surface area contributed by atoms with E-state index in [0.717, 1.165) is 12.1 Å². The topological polar surface area (TPSA) is 29.5 Å². The van der Waals surface area contributed by atoms with E-state index in [1.807, 2.05) is 0 Å². The lowest BCUT2D eigenvalue weighted by molar-refractivity contribution is -0.130.